The molecular weight excluding hydrogens is 1120 g/mol. The molecule has 20 nitrogen and oxygen atoms in total. The molecule has 2 aromatic rings. The van der Waals surface area contributed by atoms with Crippen molar-refractivity contribution in [1.29, 1.82) is 0 Å². The molecule has 1 fully saturated rings. The lowest BCUT2D eigenvalue weighted by molar-refractivity contribution is -0.143. The number of thiazole rings is 1. The number of piperidine rings is 1. The van der Waals surface area contributed by atoms with E-state index >= 15 is 0 Å². The molecule has 2 aliphatic rings. The Morgan fingerprint density at radius 1 is 0.849 bits per heavy atom. The molecule has 0 aliphatic carbocycles. The highest BCUT2D eigenvalue weighted by Crippen LogP contribution is 2.34. The smallest absolute Gasteiger partial charge is 0.409 e. The zero-order valence-electron chi connectivity index (χ0n) is 52.9. The second-order valence-corrected chi connectivity index (χ2v) is 25.7. The number of allylic oxidation sites excluding steroid dienone is 1. The number of unbranched alkanes of at least 4 members (excludes halogenated alkanes) is 3. The number of amides is 6. The topological polar surface area (TPSA) is 276 Å². The lowest BCUT2D eigenvalue weighted by atomic mass is 9.83. The number of nitrogens with zero attached hydrogens (tertiary/aromatic N) is 5. The monoisotopic (exact) mass is 1210 g/mol. The van der Waals surface area contributed by atoms with Crippen molar-refractivity contribution < 1.29 is 57.8 Å². The highest BCUT2D eigenvalue weighted by molar-refractivity contribution is 7.09. The van der Waals surface area contributed by atoms with Crippen molar-refractivity contribution in [3.8, 4) is 0 Å². The predicted octanol–water partition coefficient (Wildman–Crippen LogP) is 8.66. The van der Waals surface area contributed by atoms with Gasteiger partial charge in [0.25, 0.3) is 11.8 Å². The number of benzene rings is 1. The lowest BCUT2D eigenvalue weighted by Gasteiger charge is -2.37. The molecule has 476 valence electrons. The van der Waals surface area contributed by atoms with E-state index < -0.39 is 71.8 Å². The minimum Gasteiger partial charge on any atom is -0.481 e. The first kappa shape index (κ1) is 71.9. The number of hydrogen-bond donors (Lipinski definition) is 4. The van der Waals surface area contributed by atoms with E-state index in [4.69, 9.17) is 10.5 Å². The fourth-order valence-corrected chi connectivity index (χ4v) is 12.1. The number of likely N-dealkylation sites (N-methyl/N-ethyl adjacent to an activating group) is 1. The number of carboxylic acid groups (broad SMARTS) is 1. The summed E-state index contributed by atoms with van der Waals surface area (Å²) in [5, 5.41) is 17.8. The molecule has 86 heavy (non-hydrogen) atoms. The summed E-state index contributed by atoms with van der Waals surface area (Å²) in [5.41, 5.74) is 7.44. The van der Waals surface area contributed by atoms with E-state index in [1.807, 2.05) is 48.6 Å². The lowest BCUT2D eigenvalue weighted by Crippen LogP contribution is -2.48. The number of hydrogen-bond acceptors (Lipinski definition) is 14. The molecule has 0 saturated carbocycles. The fraction of sp³-hybridized carbons (Fsp3) is 0.646. The summed E-state index contributed by atoms with van der Waals surface area (Å²) in [6.45, 7) is 18.5. The third-order valence-corrected chi connectivity index (χ3v) is 18.0. The molecular formula is C65H98N8O12S. The number of likely N-dealkylation sites (tertiary alicyclic amines) is 1. The molecule has 1 aromatic heterocycles. The SMILES string of the molecule is C=C1C=CC(=O)N1CCCCCC(=O)C[C@H](C(=O)N[C@@H](CCCCC(N)=O)C(=O)Cc1ccc(C[C@@H](C[C@H](C)C(=O)O)NC(=O)c2csc([C@@H](C[C@H](C(C)C)N(C)C(=O)[C@@H](CC(=O)[C@H]3CCCCN3C)[C@@H](C)CC)OC(=O)N(C)C)n2)cc1)C(C)C. The number of ether oxygens (including phenoxy) is 1. The van der Waals surface area contributed by atoms with E-state index in [1.54, 1.807) is 73.6 Å². The van der Waals surface area contributed by atoms with Crippen LogP contribution < -0.4 is 16.4 Å². The van der Waals surface area contributed by atoms with E-state index in [2.05, 4.69) is 27.1 Å². The molecule has 3 heterocycles. The molecule has 0 spiro atoms. The van der Waals surface area contributed by atoms with Gasteiger partial charge in [0.1, 0.15) is 16.5 Å². The van der Waals surface area contributed by atoms with E-state index in [-0.39, 0.29) is 116 Å². The van der Waals surface area contributed by atoms with Crippen molar-refractivity contribution in [2.24, 2.45) is 41.2 Å². The Morgan fingerprint density at radius 3 is 2.12 bits per heavy atom. The minimum atomic E-state index is -1.05. The standard InChI is InChI=1S/C65H98N8O12S/c1-13-42(6)50(37-56(76)53-23-18-20-31-71(53)11)63(81)72(12)54(41(4)5)38-57(85-65(84)70(9)10)62-69-52(39-86-62)61(80)67-47(33-43(7)64(82)83)34-45-26-28-46(29-27-45)35-55(75)51(22-16-17-24-58(66)77)68-60(79)49(40(2)3)36-48(74)21-15-14-19-32-73-44(8)25-30-59(73)78/h25-30,39-43,47,49-51,53-54,57H,8,13-24,31-38H2,1-7,9-12H3,(H2,66,77)(H,67,80)(H,68,79)(H,82,83)/t42-,43-,47+,49-,50-,51-,53+,54+,57+/m0/s1. The van der Waals surface area contributed by atoms with Crippen LogP contribution in [-0.2, 0) is 55.9 Å². The van der Waals surface area contributed by atoms with Gasteiger partial charge < -0.3 is 40.9 Å². The Balaban J connectivity index is 1.47. The van der Waals surface area contributed by atoms with Gasteiger partial charge in [-0.25, -0.2) is 9.78 Å². The maximum Gasteiger partial charge on any atom is 0.409 e. The van der Waals surface area contributed by atoms with Crippen LogP contribution in [-0.4, -0.2) is 154 Å². The van der Waals surface area contributed by atoms with Crippen molar-refractivity contribution in [1.82, 2.24) is 35.2 Å². The van der Waals surface area contributed by atoms with E-state index in [1.165, 1.54) is 11.0 Å². The van der Waals surface area contributed by atoms with Crippen LogP contribution in [0, 0.1) is 35.5 Å². The summed E-state index contributed by atoms with van der Waals surface area (Å²) in [7, 11) is 6.79. The van der Waals surface area contributed by atoms with Crippen molar-refractivity contribution in [2.75, 3.05) is 41.3 Å². The summed E-state index contributed by atoms with van der Waals surface area (Å²) >= 11 is 1.12. The van der Waals surface area contributed by atoms with Gasteiger partial charge in [-0.3, -0.25) is 48.1 Å². The molecule has 9 atom stereocenters. The number of rotatable bonds is 38. The van der Waals surface area contributed by atoms with Gasteiger partial charge in [0, 0.05) is 107 Å². The van der Waals surface area contributed by atoms with Crippen molar-refractivity contribution >= 4 is 70.3 Å². The Hall–Kier alpha value is -6.61. The van der Waals surface area contributed by atoms with Crippen molar-refractivity contribution in [2.45, 2.75) is 194 Å². The molecule has 2 aliphatic heterocycles. The number of nitrogens with two attached hydrogens (primary N) is 1. The molecule has 21 heteroatoms. The number of primary amides is 1. The van der Waals surface area contributed by atoms with Gasteiger partial charge in [0.15, 0.2) is 17.7 Å². The average molecular weight is 1220 g/mol. The second-order valence-electron chi connectivity index (χ2n) is 24.8. The summed E-state index contributed by atoms with van der Waals surface area (Å²) in [6, 6.07) is 4.84. The normalized spacial score (nSPS) is 17.3. The first-order valence-electron chi connectivity index (χ1n) is 30.9. The third-order valence-electron chi connectivity index (χ3n) is 17.0. The molecule has 1 saturated heterocycles. The Labute approximate surface area is 513 Å². The highest BCUT2D eigenvalue weighted by Gasteiger charge is 2.38. The number of nitrogens with one attached hydrogen (secondary N) is 2. The fourth-order valence-electron chi connectivity index (χ4n) is 11.3. The maximum atomic E-state index is 14.6. The zero-order valence-corrected chi connectivity index (χ0v) is 53.7. The third kappa shape index (κ3) is 22.6. The van der Waals surface area contributed by atoms with E-state index in [9.17, 15) is 53.1 Å². The van der Waals surface area contributed by atoms with Gasteiger partial charge in [0.05, 0.1) is 18.0 Å². The van der Waals surface area contributed by atoms with Gasteiger partial charge in [-0.1, -0.05) is 105 Å². The molecule has 6 amide bonds. The van der Waals surface area contributed by atoms with Crippen LogP contribution in [0.5, 0.6) is 0 Å². The predicted molar refractivity (Wildman–Crippen MR) is 331 cm³/mol. The zero-order chi connectivity index (χ0) is 63.9. The van der Waals surface area contributed by atoms with Gasteiger partial charge in [-0.2, -0.15) is 0 Å². The van der Waals surface area contributed by atoms with Gasteiger partial charge in [-0.15, -0.1) is 11.3 Å². The number of Topliss-reactive ketones (excluding diaryl/α,β-unsaturated/α-hetero) is 3. The summed E-state index contributed by atoms with van der Waals surface area (Å²) in [5.74, 6) is -5.51. The number of aromatic nitrogens is 1. The molecule has 4 rings (SSSR count). The first-order chi connectivity index (χ1) is 40.6. The van der Waals surface area contributed by atoms with E-state index in [0.29, 0.717) is 54.9 Å². The van der Waals surface area contributed by atoms with Gasteiger partial charge in [-0.05, 0) is 99.9 Å². The number of carbonyl (C=O) groups is 10. The second kappa shape index (κ2) is 35.3. The average Bonchev–Trinajstić information content (AvgIpc) is 2.67. The quantitative estimate of drug-likeness (QED) is 0.0458. The Morgan fingerprint density at radius 2 is 1.52 bits per heavy atom. The largest absolute Gasteiger partial charge is 0.481 e. The van der Waals surface area contributed by atoms with Crippen LogP contribution in [0.3, 0.4) is 0 Å². The molecule has 0 bridgehead atoms. The summed E-state index contributed by atoms with van der Waals surface area (Å²) in [4.78, 5) is 144. The van der Waals surface area contributed by atoms with Crippen LogP contribution >= 0.6 is 11.3 Å². The summed E-state index contributed by atoms with van der Waals surface area (Å²) < 4.78 is 6.04. The van der Waals surface area contributed by atoms with Gasteiger partial charge in [0.2, 0.25) is 17.7 Å². The van der Waals surface area contributed by atoms with Gasteiger partial charge >= 0.3 is 12.1 Å². The molecule has 0 radical (unpaired) electrons. The number of carbonyl (C=O) groups excluding carboxylic acids is 9. The van der Waals surface area contributed by atoms with Crippen LogP contribution in [0.25, 0.3) is 0 Å². The molecule has 1 aromatic carbocycles. The number of carboxylic acids is 1. The Bertz CT molecular complexity index is 2670. The summed E-state index contributed by atoms with van der Waals surface area (Å²) in [6.07, 6.45) is 9.06. The number of ketones is 3. The van der Waals surface area contributed by atoms with Crippen LogP contribution in [0.2, 0.25) is 0 Å². The van der Waals surface area contributed by atoms with Crippen LogP contribution in [0.4, 0.5) is 4.79 Å². The van der Waals surface area contributed by atoms with Crippen molar-refractivity contribution in [3.63, 3.8) is 0 Å². The number of aliphatic carboxylic acids is 1. The molecule has 5 N–H and O–H groups in total. The first-order valence-corrected chi connectivity index (χ1v) is 31.8. The van der Waals surface area contributed by atoms with E-state index in [0.717, 1.165) is 49.1 Å². The van der Waals surface area contributed by atoms with Crippen LogP contribution in [0.15, 0.2) is 54.1 Å². The highest BCUT2D eigenvalue weighted by atomic mass is 32.1. The van der Waals surface area contributed by atoms with Crippen molar-refractivity contribution in [3.05, 3.63) is 75.9 Å². The Kier molecular flexibility index (Phi) is 29.5. The molecule has 0 unspecified atom stereocenters. The maximum absolute atomic E-state index is 14.6. The van der Waals surface area contributed by atoms with Crippen LogP contribution in [0.1, 0.15) is 184 Å². The minimum absolute atomic E-state index is 0.0101.